The van der Waals surface area contributed by atoms with Crippen LogP contribution < -0.4 is 0 Å². The Kier molecular flexibility index (Phi) is 3.50. The number of benzene rings is 1. The van der Waals surface area contributed by atoms with Gasteiger partial charge in [0.1, 0.15) is 17.4 Å². The third kappa shape index (κ3) is 2.21. The number of hydrogen-bond donors (Lipinski definition) is 1. The number of rotatable bonds is 4. The molecule has 0 radical (unpaired) electrons. The molecular formula is C14H18O3. The molecule has 2 rings (SSSR count). The highest BCUT2D eigenvalue weighted by atomic mass is 16.5. The van der Waals surface area contributed by atoms with Crippen LogP contribution in [0.2, 0.25) is 0 Å². The minimum atomic E-state index is -0.711. The lowest BCUT2D eigenvalue weighted by atomic mass is 10.1. The number of fused-ring (bicyclic) bond motifs is 1. The summed E-state index contributed by atoms with van der Waals surface area (Å²) < 4.78 is 10.9. The zero-order chi connectivity index (χ0) is 12.4. The molecule has 1 aromatic heterocycles. The first-order valence-electron chi connectivity index (χ1n) is 5.87. The number of hydrogen-bond acceptors (Lipinski definition) is 3. The van der Waals surface area contributed by atoms with Crippen molar-refractivity contribution in [1.82, 2.24) is 0 Å². The number of aryl methyl sites for hydroxylation is 1. The van der Waals surface area contributed by atoms with Gasteiger partial charge in [0.2, 0.25) is 0 Å². The molecule has 3 heteroatoms. The quantitative estimate of drug-likeness (QED) is 0.883. The van der Waals surface area contributed by atoms with Gasteiger partial charge in [-0.25, -0.2) is 0 Å². The second-order valence-corrected chi connectivity index (χ2v) is 4.27. The van der Waals surface area contributed by atoms with E-state index in [1.165, 1.54) is 0 Å². The molecule has 2 atom stereocenters. The topological polar surface area (TPSA) is 42.6 Å². The minimum absolute atomic E-state index is 0.226. The van der Waals surface area contributed by atoms with Crippen LogP contribution in [0.25, 0.3) is 11.0 Å². The molecule has 1 N–H and O–H groups in total. The van der Waals surface area contributed by atoms with Gasteiger partial charge in [-0.05, 0) is 25.0 Å². The summed E-state index contributed by atoms with van der Waals surface area (Å²) in [6.07, 6.45) is -0.194. The van der Waals surface area contributed by atoms with Gasteiger partial charge in [-0.3, -0.25) is 0 Å². The predicted octanol–water partition coefficient (Wildman–Crippen LogP) is 3.20. The van der Waals surface area contributed by atoms with Gasteiger partial charge >= 0.3 is 0 Å². The van der Waals surface area contributed by atoms with E-state index in [4.69, 9.17) is 9.15 Å². The molecule has 0 bridgehead atoms. The molecular weight excluding hydrogens is 216 g/mol. The lowest BCUT2D eigenvalue weighted by Crippen LogP contribution is -2.19. The Bertz CT molecular complexity index is 497. The molecule has 17 heavy (non-hydrogen) atoms. The first-order chi connectivity index (χ1) is 8.17. The monoisotopic (exact) mass is 234 g/mol. The number of furan rings is 1. The maximum Gasteiger partial charge on any atom is 0.138 e. The van der Waals surface area contributed by atoms with Crippen molar-refractivity contribution in [3.05, 3.63) is 35.6 Å². The van der Waals surface area contributed by atoms with Crippen LogP contribution in [0.4, 0.5) is 0 Å². The van der Waals surface area contributed by atoms with Crippen LogP contribution in [0.5, 0.6) is 0 Å². The van der Waals surface area contributed by atoms with E-state index in [0.29, 0.717) is 5.76 Å². The fourth-order valence-electron chi connectivity index (χ4n) is 2.08. The molecule has 1 aromatic carbocycles. The minimum Gasteiger partial charge on any atom is -0.458 e. The summed E-state index contributed by atoms with van der Waals surface area (Å²) in [4.78, 5) is 0. The second kappa shape index (κ2) is 4.90. The van der Waals surface area contributed by atoms with E-state index in [-0.39, 0.29) is 6.10 Å². The predicted molar refractivity (Wildman–Crippen MR) is 67.0 cm³/mol. The van der Waals surface area contributed by atoms with Gasteiger partial charge in [0.25, 0.3) is 0 Å². The normalized spacial score (nSPS) is 15.1. The number of methoxy groups -OCH3 is 1. The third-order valence-electron chi connectivity index (χ3n) is 3.11. The fourth-order valence-corrected chi connectivity index (χ4v) is 2.08. The molecule has 92 valence electrons. The third-order valence-corrected chi connectivity index (χ3v) is 3.11. The molecule has 0 aliphatic carbocycles. The van der Waals surface area contributed by atoms with Crippen LogP contribution in [0, 0.1) is 6.92 Å². The summed E-state index contributed by atoms with van der Waals surface area (Å²) in [6.45, 7) is 3.97. The van der Waals surface area contributed by atoms with E-state index in [0.717, 1.165) is 23.0 Å². The van der Waals surface area contributed by atoms with E-state index in [9.17, 15) is 5.11 Å². The second-order valence-electron chi connectivity index (χ2n) is 4.27. The summed E-state index contributed by atoms with van der Waals surface area (Å²) in [5.41, 5.74) is 1.92. The van der Waals surface area contributed by atoms with E-state index in [2.05, 4.69) is 0 Å². The van der Waals surface area contributed by atoms with Crippen LogP contribution in [-0.2, 0) is 4.74 Å². The van der Waals surface area contributed by atoms with Crippen molar-refractivity contribution in [3.63, 3.8) is 0 Å². The Morgan fingerprint density at radius 2 is 2.18 bits per heavy atom. The summed E-state index contributed by atoms with van der Waals surface area (Å²) in [7, 11) is 1.60. The molecule has 0 saturated heterocycles. The summed E-state index contributed by atoms with van der Waals surface area (Å²) in [6, 6.07) is 7.84. The SMILES string of the molecule is CCC(OC)C(O)c1cc2cccc(C)c2o1. The molecule has 0 aliphatic heterocycles. The van der Waals surface area contributed by atoms with Crippen LogP contribution in [0.1, 0.15) is 30.8 Å². The van der Waals surface area contributed by atoms with Crippen molar-refractivity contribution in [2.45, 2.75) is 32.5 Å². The Balaban J connectivity index is 2.39. The van der Waals surface area contributed by atoms with Gasteiger partial charge < -0.3 is 14.3 Å². The summed E-state index contributed by atoms with van der Waals surface area (Å²) >= 11 is 0. The Morgan fingerprint density at radius 3 is 2.76 bits per heavy atom. The molecule has 2 unspecified atom stereocenters. The van der Waals surface area contributed by atoms with E-state index in [1.54, 1.807) is 7.11 Å². The van der Waals surface area contributed by atoms with E-state index >= 15 is 0 Å². The number of para-hydroxylation sites is 1. The van der Waals surface area contributed by atoms with Crippen LogP contribution >= 0.6 is 0 Å². The molecule has 2 aromatic rings. The number of aliphatic hydroxyl groups is 1. The largest absolute Gasteiger partial charge is 0.458 e. The Labute approximate surface area is 101 Å². The highest BCUT2D eigenvalue weighted by molar-refractivity contribution is 5.80. The van der Waals surface area contributed by atoms with Crippen LogP contribution in [0.15, 0.2) is 28.7 Å². The zero-order valence-corrected chi connectivity index (χ0v) is 10.4. The number of ether oxygens (including phenoxy) is 1. The molecule has 1 heterocycles. The van der Waals surface area contributed by atoms with Gasteiger partial charge in [0, 0.05) is 12.5 Å². The van der Waals surface area contributed by atoms with Crippen LogP contribution in [-0.4, -0.2) is 18.3 Å². The van der Waals surface area contributed by atoms with Crippen molar-refractivity contribution < 1.29 is 14.3 Å². The average Bonchev–Trinajstić information content (AvgIpc) is 2.76. The maximum absolute atomic E-state index is 10.2. The van der Waals surface area contributed by atoms with Gasteiger partial charge in [-0.15, -0.1) is 0 Å². The molecule has 0 amide bonds. The van der Waals surface area contributed by atoms with Crippen molar-refractivity contribution in [1.29, 1.82) is 0 Å². The van der Waals surface area contributed by atoms with E-state index < -0.39 is 6.10 Å². The lowest BCUT2D eigenvalue weighted by Gasteiger charge is -2.17. The molecule has 0 spiro atoms. The Hall–Kier alpha value is -1.32. The first-order valence-corrected chi connectivity index (χ1v) is 5.87. The average molecular weight is 234 g/mol. The van der Waals surface area contributed by atoms with Gasteiger partial charge in [-0.2, -0.15) is 0 Å². The summed E-state index contributed by atoms with van der Waals surface area (Å²) in [5.74, 6) is 0.572. The standard InChI is InChI=1S/C14H18O3/c1-4-11(16-3)13(15)12-8-10-7-5-6-9(2)14(10)17-12/h5-8,11,13,15H,4H2,1-3H3. The fraction of sp³-hybridized carbons (Fsp3) is 0.429. The van der Waals surface area contributed by atoms with Crippen molar-refractivity contribution in [3.8, 4) is 0 Å². The van der Waals surface area contributed by atoms with Gasteiger partial charge in [0.15, 0.2) is 0 Å². The van der Waals surface area contributed by atoms with Crippen molar-refractivity contribution in [2.24, 2.45) is 0 Å². The lowest BCUT2D eigenvalue weighted by molar-refractivity contribution is -0.0242. The first kappa shape index (κ1) is 12.1. The van der Waals surface area contributed by atoms with Crippen molar-refractivity contribution >= 4 is 11.0 Å². The van der Waals surface area contributed by atoms with E-state index in [1.807, 2.05) is 38.1 Å². The zero-order valence-electron chi connectivity index (χ0n) is 10.4. The van der Waals surface area contributed by atoms with Crippen molar-refractivity contribution in [2.75, 3.05) is 7.11 Å². The van der Waals surface area contributed by atoms with Gasteiger partial charge in [0.05, 0.1) is 6.10 Å². The summed E-state index contributed by atoms with van der Waals surface area (Å²) in [5, 5.41) is 11.2. The number of aliphatic hydroxyl groups excluding tert-OH is 1. The van der Waals surface area contributed by atoms with Crippen LogP contribution in [0.3, 0.4) is 0 Å². The highest BCUT2D eigenvalue weighted by Crippen LogP contribution is 2.29. The Morgan fingerprint density at radius 1 is 1.41 bits per heavy atom. The smallest absolute Gasteiger partial charge is 0.138 e. The molecule has 0 fully saturated rings. The molecule has 0 saturated carbocycles. The molecule has 3 nitrogen and oxygen atoms in total. The molecule has 0 aliphatic rings. The maximum atomic E-state index is 10.2. The van der Waals surface area contributed by atoms with Gasteiger partial charge in [-0.1, -0.05) is 25.1 Å². The highest BCUT2D eigenvalue weighted by Gasteiger charge is 2.22.